The minimum Gasteiger partial charge on any atom is -0.489 e. The maximum atomic E-state index is 11.9. The van der Waals surface area contributed by atoms with Gasteiger partial charge in [0, 0.05) is 6.20 Å². The molecule has 0 unspecified atom stereocenters. The molecule has 2 N–H and O–H groups in total. The van der Waals surface area contributed by atoms with Crippen molar-refractivity contribution in [2.45, 2.75) is 20.0 Å². The highest BCUT2D eigenvalue weighted by atomic mass is 16.5. The second kappa shape index (κ2) is 5.35. The van der Waals surface area contributed by atoms with E-state index in [2.05, 4.69) is 15.5 Å². The summed E-state index contributed by atoms with van der Waals surface area (Å²) in [5.74, 6) is 0.438. The number of ether oxygens (including phenoxy) is 1. The molecule has 0 spiro atoms. The summed E-state index contributed by atoms with van der Waals surface area (Å²) in [7, 11) is 0. The second-order valence-electron chi connectivity index (χ2n) is 4.10. The Hall–Kier alpha value is -2.30. The molecule has 1 heterocycles. The molecule has 1 aromatic heterocycles. The minimum absolute atomic E-state index is 0.0528. The van der Waals surface area contributed by atoms with Crippen LogP contribution in [0.3, 0.4) is 0 Å². The SMILES string of the molecule is CC(C)Oc1ccccc1NC(=O)c1cn[nH]c1. The molecule has 5 heteroatoms. The molecule has 18 heavy (non-hydrogen) atoms. The summed E-state index contributed by atoms with van der Waals surface area (Å²) in [5, 5.41) is 9.13. The zero-order valence-corrected chi connectivity index (χ0v) is 10.3. The van der Waals surface area contributed by atoms with Crippen LogP contribution in [0.15, 0.2) is 36.7 Å². The number of H-pyrrole nitrogens is 1. The molecule has 0 bridgehead atoms. The lowest BCUT2D eigenvalue weighted by Gasteiger charge is -2.14. The Labute approximate surface area is 105 Å². The van der Waals surface area contributed by atoms with Crippen LogP contribution in [0.4, 0.5) is 5.69 Å². The molecular weight excluding hydrogens is 230 g/mol. The van der Waals surface area contributed by atoms with E-state index in [1.165, 1.54) is 6.20 Å². The van der Waals surface area contributed by atoms with Crippen LogP contribution >= 0.6 is 0 Å². The lowest BCUT2D eigenvalue weighted by atomic mass is 10.2. The van der Waals surface area contributed by atoms with Crippen LogP contribution in [0.5, 0.6) is 5.75 Å². The number of carbonyl (C=O) groups is 1. The quantitative estimate of drug-likeness (QED) is 0.869. The molecule has 0 saturated heterocycles. The van der Waals surface area contributed by atoms with Gasteiger partial charge in [0.1, 0.15) is 5.75 Å². The molecule has 94 valence electrons. The topological polar surface area (TPSA) is 67.0 Å². The number of aromatic amines is 1. The summed E-state index contributed by atoms with van der Waals surface area (Å²) in [4.78, 5) is 11.9. The van der Waals surface area contributed by atoms with Gasteiger partial charge in [-0.1, -0.05) is 12.1 Å². The minimum atomic E-state index is -0.219. The van der Waals surface area contributed by atoms with Gasteiger partial charge in [-0.3, -0.25) is 9.89 Å². The summed E-state index contributed by atoms with van der Waals surface area (Å²) in [6, 6.07) is 7.34. The largest absolute Gasteiger partial charge is 0.489 e. The van der Waals surface area contributed by atoms with E-state index in [0.29, 0.717) is 17.0 Å². The molecule has 0 saturated carbocycles. The summed E-state index contributed by atoms with van der Waals surface area (Å²) in [5.41, 5.74) is 1.13. The Morgan fingerprint density at radius 3 is 2.83 bits per heavy atom. The standard InChI is InChI=1S/C13H15N3O2/c1-9(2)18-12-6-4-3-5-11(12)16-13(17)10-7-14-15-8-10/h3-9H,1-2H3,(H,14,15)(H,16,17). The summed E-state index contributed by atoms with van der Waals surface area (Å²) < 4.78 is 5.63. The van der Waals surface area contributed by atoms with Gasteiger partial charge in [0.25, 0.3) is 5.91 Å². The number of nitrogens with one attached hydrogen (secondary N) is 2. The zero-order valence-electron chi connectivity index (χ0n) is 10.3. The third-order valence-electron chi connectivity index (χ3n) is 2.26. The number of aromatic nitrogens is 2. The predicted molar refractivity (Wildman–Crippen MR) is 68.7 cm³/mol. The van der Waals surface area contributed by atoms with Crippen molar-refractivity contribution in [3.63, 3.8) is 0 Å². The molecular formula is C13H15N3O2. The monoisotopic (exact) mass is 245 g/mol. The molecule has 5 nitrogen and oxygen atoms in total. The maximum absolute atomic E-state index is 11.9. The van der Waals surface area contributed by atoms with Gasteiger partial charge in [-0.2, -0.15) is 5.10 Å². The first-order chi connectivity index (χ1) is 8.66. The lowest BCUT2D eigenvalue weighted by Crippen LogP contribution is -2.13. The van der Waals surface area contributed by atoms with E-state index in [-0.39, 0.29) is 12.0 Å². The molecule has 0 radical (unpaired) electrons. The number of rotatable bonds is 4. The Bertz CT molecular complexity index is 521. The van der Waals surface area contributed by atoms with Crippen molar-refractivity contribution in [2.24, 2.45) is 0 Å². The molecule has 1 aromatic carbocycles. The highest BCUT2D eigenvalue weighted by Crippen LogP contribution is 2.25. The Kier molecular flexibility index (Phi) is 3.62. The molecule has 0 fully saturated rings. The van der Waals surface area contributed by atoms with E-state index in [4.69, 9.17) is 4.74 Å². The maximum Gasteiger partial charge on any atom is 0.258 e. The fourth-order valence-electron chi connectivity index (χ4n) is 1.50. The average Bonchev–Trinajstić information content (AvgIpc) is 2.84. The van der Waals surface area contributed by atoms with E-state index in [1.54, 1.807) is 12.3 Å². The molecule has 1 amide bonds. The van der Waals surface area contributed by atoms with E-state index < -0.39 is 0 Å². The number of nitrogens with zero attached hydrogens (tertiary/aromatic N) is 1. The zero-order chi connectivity index (χ0) is 13.0. The van der Waals surface area contributed by atoms with Gasteiger partial charge in [-0.15, -0.1) is 0 Å². The van der Waals surface area contributed by atoms with Crippen LogP contribution < -0.4 is 10.1 Å². The van der Waals surface area contributed by atoms with Crippen molar-refractivity contribution in [1.82, 2.24) is 10.2 Å². The summed E-state index contributed by atoms with van der Waals surface area (Å²) >= 11 is 0. The molecule has 2 aromatic rings. The van der Waals surface area contributed by atoms with Crippen molar-refractivity contribution in [2.75, 3.05) is 5.32 Å². The Balaban J connectivity index is 2.16. The van der Waals surface area contributed by atoms with Crippen LogP contribution in [0.2, 0.25) is 0 Å². The number of carbonyl (C=O) groups excluding carboxylic acids is 1. The van der Waals surface area contributed by atoms with Crippen LogP contribution in [-0.2, 0) is 0 Å². The first kappa shape index (κ1) is 12.2. The van der Waals surface area contributed by atoms with Crippen molar-refractivity contribution >= 4 is 11.6 Å². The van der Waals surface area contributed by atoms with Crippen LogP contribution in [0.25, 0.3) is 0 Å². The normalized spacial score (nSPS) is 10.4. The average molecular weight is 245 g/mol. The van der Waals surface area contributed by atoms with E-state index in [0.717, 1.165) is 0 Å². The Morgan fingerprint density at radius 2 is 2.17 bits per heavy atom. The molecule has 0 aliphatic carbocycles. The van der Waals surface area contributed by atoms with Gasteiger partial charge in [-0.05, 0) is 26.0 Å². The Morgan fingerprint density at radius 1 is 1.39 bits per heavy atom. The predicted octanol–water partition coefficient (Wildman–Crippen LogP) is 2.45. The van der Waals surface area contributed by atoms with Gasteiger partial charge in [0.05, 0.1) is 23.6 Å². The highest BCUT2D eigenvalue weighted by molar-refractivity contribution is 6.04. The van der Waals surface area contributed by atoms with Crippen molar-refractivity contribution in [3.05, 3.63) is 42.2 Å². The van der Waals surface area contributed by atoms with Crippen LogP contribution in [0, 0.1) is 0 Å². The van der Waals surface area contributed by atoms with Crippen molar-refractivity contribution in [1.29, 1.82) is 0 Å². The number of amides is 1. The van der Waals surface area contributed by atoms with E-state index in [1.807, 2.05) is 32.0 Å². The number of anilines is 1. The van der Waals surface area contributed by atoms with Crippen molar-refractivity contribution in [3.8, 4) is 5.75 Å². The van der Waals surface area contributed by atoms with Crippen LogP contribution in [0.1, 0.15) is 24.2 Å². The van der Waals surface area contributed by atoms with Gasteiger partial charge in [-0.25, -0.2) is 0 Å². The summed E-state index contributed by atoms with van der Waals surface area (Å²) in [6.07, 6.45) is 3.07. The fourth-order valence-corrected chi connectivity index (χ4v) is 1.50. The first-order valence-electron chi connectivity index (χ1n) is 5.72. The third-order valence-corrected chi connectivity index (χ3v) is 2.26. The first-order valence-corrected chi connectivity index (χ1v) is 5.72. The third kappa shape index (κ3) is 2.88. The second-order valence-corrected chi connectivity index (χ2v) is 4.10. The van der Waals surface area contributed by atoms with E-state index in [9.17, 15) is 4.79 Å². The molecule has 0 aliphatic heterocycles. The molecule has 0 aliphatic rings. The summed E-state index contributed by atoms with van der Waals surface area (Å²) in [6.45, 7) is 3.88. The van der Waals surface area contributed by atoms with Gasteiger partial charge in [0.15, 0.2) is 0 Å². The number of hydrogen-bond donors (Lipinski definition) is 2. The van der Waals surface area contributed by atoms with Crippen LogP contribution in [-0.4, -0.2) is 22.2 Å². The van der Waals surface area contributed by atoms with Gasteiger partial charge < -0.3 is 10.1 Å². The fraction of sp³-hybridized carbons (Fsp3) is 0.231. The van der Waals surface area contributed by atoms with Gasteiger partial charge >= 0.3 is 0 Å². The van der Waals surface area contributed by atoms with Crippen molar-refractivity contribution < 1.29 is 9.53 Å². The lowest BCUT2D eigenvalue weighted by molar-refractivity contribution is 0.102. The number of benzene rings is 1. The smallest absolute Gasteiger partial charge is 0.258 e. The van der Waals surface area contributed by atoms with Gasteiger partial charge in [0.2, 0.25) is 0 Å². The molecule has 0 atom stereocenters. The highest BCUT2D eigenvalue weighted by Gasteiger charge is 2.10. The number of para-hydroxylation sites is 2. The number of hydrogen-bond acceptors (Lipinski definition) is 3. The molecule has 2 rings (SSSR count). The van der Waals surface area contributed by atoms with E-state index >= 15 is 0 Å².